The molecule has 1 aliphatic rings. The number of carbonyl (C=O) groups excluding carboxylic acids is 2. The molecule has 0 bridgehead atoms. The fraction of sp³-hybridized carbons (Fsp3) is 0.179. The number of hydrogen-bond donors (Lipinski definition) is 0. The molecular formula is C39H34N4O4S. The minimum atomic E-state index is -0.454. The van der Waals surface area contributed by atoms with Gasteiger partial charge in [0.05, 0.1) is 28.9 Å². The zero-order valence-corrected chi connectivity index (χ0v) is 27.5. The van der Waals surface area contributed by atoms with Crippen LogP contribution in [0, 0.1) is 18.3 Å². The number of nitriles is 1. The van der Waals surface area contributed by atoms with E-state index < -0.39 is 11.9 Å². The first-order chi connectivity index (χ1) is 23.4. The fourth-order valence-corrected chi connectivity index (χ4v) is 7.15. The van der Waals surface area contributed by atoms with Crippen molar-refractivity contribution in [3.05, 3.63) is 157 Å². The zero-order valence-electron chi connectivity index (χ0n) is 26.7. The van der Waals surface area contributed by atoms with Gasteiger partial charge < -0.3 is 9.64 Å². The maximum Gasteiger partial charge on any atom is 0.337 e. The molecule has 8 nitrogen and oxygen atoms in total. The summed E-state index contributed by atoms with van der Waals surface area (Å²) in [6, 6.07) is 37.0. The van der Waals surface area contributed by atoms with Crippen LogP contribution in [0.25, 0.3) is 17.3 Å². The summed E-state index contributed by atoms with van der Waals surface area (Å²) >= 11 is 1.11. The van der Waals surface area contributed by atoms with Crippen LogP contribution < -0.4 is 14.8 Å². The number of aromatic nitrogens is 1. The third kappa shape index (κ3) is 6.76. The van der Waals surface area contributed by atoms with E-state index in [9.17, 15) is 19.6 Å². The van der Waals surface area contributed by atoms with Gasteiger partial charge in [-0.3, -0.25) is 19.1 Å². The van der Waals surface area contributed by atoms with Crippen LogP contribution in [-0.4, -0.2) is 59.5 Å². The van der Waals surface area contributed by atoms with E-state index in [0.717, 1.165) is 16.9 Å². The molecule has 0 atom stereocenters. The number of nitrogens with zero attached hydrogens (tertiary/aromatic N) is 4. The molecule has 0 N–H and O–H groups in total. The third-order valence-electron chi connectivity index (χ3n) is 8.45. The Labute approximate surface area is 282 Å². The summed E-state index contributed by atoms with van der Waals surface area (Å²) in [5.41, 5.74) is 4.54. The van der Waals surface area contributed by atoms with E-state index in [2.05, 4.69) is 35.2 Å². The van der Waals surface area contributed by atoms with Crippen molar-refractivity contribution >= 4 is 34.9 Å². The molecule has 0 radical (unpaired) electrons. The molecule has 0 saturated carbocycles. The first-order valence-corrected chi connectivity index (χ1v) is 16.5. The number of hydrogen-bond acceptors (Lipinski definition) is 7. The predicted octanol–water partition coefficient (Wildman–Crippen LogP) is 4.43. The Bertz CT molecular complexity index is 2120. The van der Waals surface area contributed by atoms with Crippen LogP contribution >= 0.6 is 11.3 Å². The van der Waals surface area contributed by atoms with E-state index in [4.69, 9.17) is 4.74 Å². The lowest BCUT2D eigenvalue weighted by Crippen LogP contribution is -2.50. The third-order valence-corrected chi connectivity index (χ3v) is 9.54. The second-order valence-corrected chi connectivity index (χ2v) is 12.6. The van der Waals surface area contributed by atoms with E-state index in [-0.39, 0.29) is 21.8 Å². The van der Waals surface area contributed by atoms with Crippen molar-refractivity contribution in [2.45, 2.75) is 13.0 Å². The molecule has 1 fully saturated rings. The van der Waals surface area contributed by atoms with Gasteiger partial charge in [0.2, 0.25) is 0 Å². The topological polar surface area (TPSA) is 95.6 Å². The smallest absolute Gasteiger partial charge is 0.337 e. The van der Waals surface area contributed by atoms with Crippen molar-refractivity contribution in [2.75, 3.05) is 33.3 Å². The molecule has 1 amide bonds. The van der Waals surface area contributed by atoms with Gasteiger partial charge in [-0.2, -0.15) is 5.26 Å². The van der Waals surface area contributed by atoms with Gasteiger partial charge in [0.15, 0.2) is 5.57 Å². The molecule has 0 aliphatic carbocycles. The summed E-state index contributed by atoms with van der Waals surface area (Å²) in [7, 11) is 1.32. The Kier molecular flexibility index (Phi) is 9.76. The first kappa shape index (κ1) is 32.4. The van der Waals surface area contributed by atoms with Gasteiger partial charge in [-0.1, -0.05) is 84.9 Å². The van der Waals surface area contributed by atoms with Crippen LogP contribution in [0.2, 0.25) is 0 Å². The van der Waals surface area contributed by atoms with E-state index in [1.165, 1.54) is 22.8 Å². The van der Waals surface area contributed by atoms with Crippen LogP contribution in [0.15, 0.2) is 114 Å². The average Bonchev–Trinajstić information content (AvgIpc) is 3.44. The van der Waals surface area contributed by atoms with Crippen molar-refractivity contribution in [1.82, 2.24) is 14.4 Å². The molecule has 1 saturated heterocycles. The van der Waals surface area contributed by atoms with Gasteiger partial charge in [-0.05, 0) is 59.5 Å². The van der Waals surface area contributed by atoms with Crippen molar-refractivity contribution < 1.29 is 14.3 Å². The van der Waals surface area contributed by atoms with Crippen molar-refractivity contribution in [1.29, 1.82) is 5.26 Å². The van der Waals surface area contributed by atoms with Crippen LogP contribution in [0.5, 0.6) is 0 Å². The zero-order chi connectivity index (χ0) is 33.6. The SMILES string of the molecule is COC(=O)c1ccc(C=c2sc(=C(C#N)C(=O)N3CCN(C(c4ccccc4)c4ccccc4)CC3)n(-c3cccc(C)c3)c2=O)cc1. The quantitative estimate of drug-likeness (QED) is 0.241. The molecule has 1 aliphatic heterocycles. The highest BCUT2D eigenvalue weighted by molar-refractivity contribution is 7.07. The van der Waals surface area contributed by atoms with Crippen LogP contribution in [0.3, 0.4) is 0 Å². The van der Waals surface area contributed by atoms with E-state index in [0.29, 0.717) is 47.5 Å². The van der Waals surface area contributed by atoms with Crippen molar-refractivity contribution in [3.8, 4) is 11.8 Å². The monoisotopic (exact) mass is 654 g/mol. The molecule has 0 unspecified atom stereocenters. The Morgan fingerprint density at radius 2 is 1.48 bits per heavy atom. The molecule has 2 heterocycles. The van der Waals surface area contributed by atoms with Gasteiger partial charge in [-0.25, -0.2) is 4.79 Å². The first-order valence-electron chi connectivity index (χ1n) is 15.6. The number of thiazole rings is 1. The highest BCUT2D eigenvalue weighted by Crippen LogP contribution is 2.29. The van der Waals surface area contributed by atoms with Gasteiger partial charge in [-0.15, -0.1) is 11.3 Å². The molecule has 1 aromatic heterocycles. The Hall–Kier alpha value is -5.56. The molecule has 0 spiro atoms. The largest absolute Gasteiger partial charge is 0.465 e. The number of benzene rings is 4. The molecule has 48 heavy (non-hydrogen) atoms. The number of ether oxygens (including phenoxy) is 1. The Morgan fingerprint density at radius 1 is 0.854 bits per heavy atom. The van der Waals surface area contributed by atoms with E-state index >= 15 is 0 Å². The second-order valence-electron chi connectivity index (χ2n) is 11.5. The van der Waals surface area contributed by atoms with E-state index in [1.807, 2.05) is 61.5 Å². The predicted molar refractivity (Wildman–Crippen MR) is 187 cm³/mol. The minimum Gasteiger partial charge on any atom is -0.465 e. The number of esters is 1. The summed E-state index contributed by atoms with van der Waals surface area (Å²) in [4.78, 5) is 44.0. The lowest BCUT2D eigenvalue weighted by Gasteiger charge is -2.39. The minimum absolute atomic E-state index is 0.0349. The normalized spacial score (nSPS) is 14.5. The molecule has 5 aromatic rings. The van der Waals surface area contributed by atoms with Crippen molar-refractivity contribution in [3.63, 3.8) is 0 Å². The summed E-state index contributed by atoms with van der Waals surface area (Å²) in [5, 5.41) is 10.4. The summed E-state index contributed by atoms with van der Waals surface area (Å²) < 4.78 is 6.89. The van der Waals surface area contributed by atoms with Crippen molar-refractivity contribution in [2.24, 2.45) is 0 Å². The highest BCUT2D eigenvalue weighted by Gasteiger charge is 2.30. The van der Waals surface area contributed by atoms with Gasteiger partial charge in [0.25, 0.3) is 11.5 Å². The maximum absolute atomic E-state index is 14.1. The fourth-order valence-electron chi connectivity index (χ4n) is 6.05. The lowest BCUT2D eigenvalue weighted by atomic mass is 9.96. The number of methoxy groups -OCH3 is 1. The van der Waals surface area contributed by atoms with Crippen LogP contribution in [0.4, 0.5) is 0 Å². The second kappa shape index (κ2) is 14.5. The van der Waals surface area contributed by atoms with Gasteiger partial charge in [0.1, 0.15) is 10.7 Å². The van der Waals surface area contributed by atoms with Crippen LogP contribution in [-0.2, 0) is 9.53 Å². The lowest BCUT2D eigenvalue weighted by molar-refractivity contribution is -0.126. The number of rotatable bonds is 7. The standard InChI is InChI=1S/C39H34N4O4S/c1-27-10-9-15-32(24-27)43-37(45)34(25-28-16-18-31(19-17-28)39(46)47-2)48-38(43)33(26-40)36(44)42-22-20-41(21-23-42)35(29-11-5-3-6-12-29)30-13-7-4-8-14-30/h3-19,24-25,35H,20-23H2,1-2H3. The van der Waals surface area contributed by atoms with Gasteiger partial charge >= 0.3 is 5.97 Å². The molecule has 6 rings (SSSR count). The highest BCUT2D eigenvalue weighted by atomic mass is 32.1. The number of amides is 1. The van der Waals surface area contributed by atoms with Crippen LogP contribution in [0.1, 0.15) is 38.7 Å². The number of piperazine rings is 1. The summed E-state index contributed by atoms with van der Waals surface area (Å²) in [6.07, 6.45) is 1.70. The molecular weight excluding hydrogens is 621 g/mol. The average molecular weight is 655 g/mol. The van der Waals surface area contributed by atoms with Gasteiger partial charge in [0, 0.05) is 26.2 Å². The van der Waals surface area contributed by atoms with E-state index in [1.54, 1.807) is 41.3 Å². The number of aryl methyl sites for hydroxylation is 1. The summed E-state index contributed by atoms with van der Waals surface area (Å²) in [6.45, 7) is 4.04. The molecule has 4 aromatic carbocycles. The molecule has 9 heteroatoms. The molecule has 240 valence electrons. The Morgan fingerprint density at radius 3 is 2.04 bits per heavy atom. The summed E-state index contributed by atoms with van der Waals surface area (Å²) in [5.74, 6) is -0.852. The number of carbonyl (C=O) groups is 2. The maximum atomic E-state index is 14.1. The Balaban J connectivity index is 1.36.